The third kappa shape index (κ3) is 3.64. The highest BCUT2D eigenvalue weighted by Crippen LogP contribution is 2.49. The van der Waals surface area contributed by atoms with E-state index >= 15 is 0 Å². The first-order valence-corrected chi connectivity index (χ1v) is 10.6. The van der Waals surface area contributed by atoms with Crippen molar-refractivity contribution in [3.8, 4) is 5.75 Å². The minimum atomic E-state index is -0.241. The van der Waals surface area contributed by atoms with E-state index in [9.17, 15) is 9.59 Å². The van der Waals surface area contributed by atoms with Gasteiger partial charge in [-0.2, -0.15) is 0 Å². The molecule has 150 valence electrons. The highest BCUT2D eigenvalue weighted by Gasteiger charge is 2.44. The number of amides is 1. The number of nitrogens with zero attached hydrogens (tertiary/aromatic N) is 1. The summed E-state index contributed by atoms with van der Waals surface area (Å²) in [5.41, 5.74) is 3.16. The number of rotatable bonds is 3. The number of ether oxygens (including phenoxy) is 1. The quantitative estimate of drug-likeness (QED) is 0.605. The van der Waals surface area contributed by atoms with E-state index in [-0.39, 0.29) is 29.4 Å². The number of ketones is 1. The highest BCUT2D eigenvalue weighted by atomic mass is 79.9. The summed E-state index contributed by atoms with van der Waals surface area (Å²) in [6.45, 7) is 4.18. The number of hydrogen-bond acceptors (Lipinski definition) is 3. The van der Waals surface area contributed by atoms with Crippen LogP contribution < -0.4 is 9.64 Å². The lowest BCUT2D eigenvalue weighted by atomic mass is 9.69. The number of methoxy groups -OCH3 is 1. The molecule has 1 amide bonds. The number of Topliss-reactive ketones (excluding diaryl/α,β-unsaturated/α-hetero) is 1. The molecule has 2 aliphatic rings. The van der Waals surface area contributed by atoms with Crippen LogP contribution in [0.15, 0.2) is 64.3 Å². The summed E-state index contributed by atoms with van der Waals surface area (Å²) in [6, 6.07) is 15.4. The third-order valence-corrected chi connectivity index (χ3v) is 6.40. The molecule has 29 heavy (non-hydrogen) atoms. The lowest BCUT2D eigenvalue weighted by Gasteiger charge is -2.43. The highest BCUT2D eigenvalue weighted by molar-refractivity contribution is 9.10. The van der Waals surface area contributed by atoms with Crippen LogP contribution in [0.4, 0.5) is 5.69 Å². The summed E-state index contributed by atoms with van der Waals surface area (Å²) < 4.78 is 6.22. The number of carbonyl (C=O) groups excluding carboxylic acids is 2. The van der Waals surface area contributed by atoms with Crippen LogP contribution in [0.5, 0.6) is 5.75 Å². The van der Waals surface area contributed by atoms with Crippen LogP contribution >= 0.6 is 15.9 Å². The first-order valence-electron chi connectivity index (χ1n) is 9.78. The van der Waals surface area contributed by atoms with E-state index in [1.807, 2.05) is 48.5 Å². The fraction of sp³-hybridized carbons (Fsp3) is 0.333. The molecule has 0 aromatic heterocycles. The molecule has 2 aromatic carbocycles. The van der Waals surface area contributed by atoms with Gasteiger partial charge in [0.05, 0.1) is 12.8 Å². The summed E-state index contributed by atoms with van der Waals surface area (Å²) in [6.07, 6.45) is 1.44. The van der Waals surface area contributed by atoms with Gasteiger partial charge < -0.3 is 4.74 Å². The zero-order chi connectivity index (χ0) is 20.8. The molecule has 1 aliphatic heterocycles. The van der Waals surface area contributed by atoms with Crippen molar-refractivity contribution in [2.75, 3.05) is 12.0 Å². The third-order valence-electron chi connectivity index (χ3n) is 5.73. The second-order valence-electron chi connectivity index (χ2n) is 8.52. The van der Waals surface area contributed by atoms with Crippen molar-refractivity contribution in [3.05, 3.63) is 69.8 Å². The number of halogens is 1. The van der Waals surface area contributed by atoms with Crippen LogP contribution in [0.25, 0.3) is 0 Å². The maximum Gasteiger partial charge on any atom is 0.232 e. The maximum absolute atomic E-state index is 13.4. The minimum absolute atomic E-state index is 0.00831. The smallest absolute Gasteiger partial charge is 0.232 e. The monoisotopic (exact) mass is 453 g/mol. The van der Waals surface area contributed by atoms with Crippen LogP contribution in [0.3, 0.4) is 0 Å². The summed E-state index contributed by atoms with van der Waals surface area (Å²) in [7, 11) is 1.62. The zero-order valence-corrected chi connectivity index (χ0v) is 18.5. The Morgan fingerprint density at radius 1 is 1.07 bits per heavy atom. The molecule has 4 rings (SSSR count). The van der Waals surface area contributed by atoms with E-state index in [0.29, 0.717) is 12.8 Å². The van der Waals surface area contributed by atoms with Crippen LogP contribution in [0.2, 0.25) is 0 Å². The molecular formula is C24H24BrNO3. The normalized spacial score (nSPS) is 21.2. The number of allylic oxidation sites excluding steroid dienone is 2. The molecular weight excluding hydrogens is 430 g/mol. The molecule has 1 unspecified atom stereocenters. The van der Waals surface area contributed by atoms with Crippen molar-refractivity contribution in [3.63, 3.8) is 0 Å². The van der Waals surface area contributed by atoms with Gasteiger partial charge in [-0.15, -0.1) is 0 Å². The van der Waals surface area contributed by atoms with Crippen molar-refractivity contribution >= 4 is 33.3 Å². The van der Waals surface area contributed by atoms with E-state index < -0.39 is 0 Å². The van der Waals surface area contributed by atoms with Gasteiger partial charge in [-0.25, -0.2) is 0 Å². The summed E-state index contributed by atoms with van der Waals surface area (Å²) in [4.78, 5) is 28.5. The molecule has 0 radical (unpaired) electrons. The van der Waals surface area contributed by atoms with E-state index in [1.54, 1.807) is 12.0 Å². The summed E-state index contributed by atoms with van der Waals surface area (Å²) in [5, 5.41) is 0. The van der Waals surface area contributed by atoms with Crippen molar-refractivity contribution in [1.82, 2.24) is 0 Å². The molecule has 0 spiro atoms. The van der Waals surface area contributed by atoms with Crippen LogP contribution in [-0.4, -0.2) is 18.8 Å². The Labute approximate surface area is 179 Å². The number of hydrogen-bond donors (Lipinski definition) is 0. The largest absolute Gasteiger partial charge is 0.497 e. The average molecular weight is 454 g/mol. The fourth-order valence-electron chi connectivity index (χ4n) is 4.47. The van der Waals surface area contributed by atoms with Gasteiger partial charge in [0.15, 0.2) is 5.78 Å². The second kappa shape index (κ2) is 7.45. The summed E-state index contributed by atoms with van der Waals surface area (Å²) >= 11 is 3.58. The van der Waals surface area contributed by atoms with Gasteiger partial charge in [-0.05, 0) is 57.6 Å². The molecule has 1 atom stereocenters. The standard InChI is InChI=1S/C24H24BrNO3/c1-24(2)13-20-23(21(27)14-24)17(15-7-6-8-16(11-15)29-3)12-22(28)26(20)19-10-5-4-9-18(19)25/h4-11,17H,12-14H2,1-3H3. The van der Waals surface area contributed by atoms with E-state index in [1.165, 1.54) is 0 Å². The Morgan fingerprint density at radius 2 is 1.83 bits per heavy atom. The number of carbonyl (C=O) groups is 2. The van der Waals surface area contributed by atoms with Crippen molar-refractivity contribution < 1.29 is 14.3 Å². The van der Waals surface area contributed by atoms with E-state index in [4.69, 9.17) is 4.74 Å². The van der Waals surface area contributed by atoms with Crippen LogP contribution in [-0.2, 0) is 9.59 Å². The maximum atomic E-state index is 13.4. The molecule has 0 saturated heterocycles. The molecule has 0 saturated carbocycles. The Bertz CT molecular complexity index is 1020. The van der Waals surface area contributed by atoms with Crippen molar-refractivity contribution in [2.24, 2.45) is 5.41 Å². The number of anilines is 1. The van der Waals surface area contributed by atoms with Crippen molar-refractivity contribution in [1.29, 1.82) is 0 Å². The molecule has 0 fully saturated rings. The van der Waals surface area contributed by atoms with Gasteiger partial charge in [-0.3, -0.25) is 14.5 Å². The molecule has 5 heteroatoms. The van der Waals surface area contributed by atoms with Gasteiger partial charge >= 0.3 is 0 Å². The Kier molecular flexibility index (Phi) is 5.11. The van der Waals surface area contributed by atoms with Crippen LogP contribution in [0, 0.1) is 5.41 Å². The van der Waals surface area contributed by atoms with Crippen LogP contribution in [0.1, 0.15) is 44.6 Å². The Balaban J connectivity index is 1.91. The van der Waals surface area contributed by atoms with Gasteiger partial charge in [0.25, 0.3) is 0 Å². The minimum Gasteiger partial charge on any atom is -0.497 e. The molecule has 1 aliphatic carbocycles. The summed E-state index contributed by atoms with van der Waals surface area (Å²) in [5.74, 6) is 0.631. The Hall–Kier alpha value is -2.40. The van der Waals surface area contributed by atoms with E-state index in [0.717, 1.165) is 32.7 Å². The SMILES string of the molecule is COc1cccc(C2CC(=O)N(c3ccccc3Br)C3=C2C(=O)CC(C)(C)C3)c1. The second-order valence-corrected chi connectivity index (χ2v) is 9.37. The average Bonchev–Trinajstić information content (AvgIpc) is 2.67. The number of para-hydroxylation sites is 1. The zero-order valence-electron chi connectivity index (χ0n) is 16.9. The number of benzene rings is 2. The van der Waals surface area contributed by atoms with Gasteiger partial charge in [-0.1, -0.05) is 38.1 Å². The topological polar surface area (TPSA) is 46.6 Å². The molecule has 0 N–H and O–H groups in total. The predicted molar refractivity (Wildman–Crippen MR) is 117 cm³/mol. The molecule has 1 heterocycles. The van der Waals surface area contributed by atoms with Crippen molar-refractivity contribution in [2.45, 2.75) is 39.0 Å². The van der Waals surface area contributed by atoms with Gasteiger partial charge in [0.1, 0.15) is 5.75 Å². The van der Waals surface area contributed by atoms with Gasteiger partial charge in [0.2, 0.25) is 5.91 Å². The predicted octanol–water partition coefficient (Wildman–Crippen LogP) is 5.62. The Morgan fingerprint density at radius 3 is 2.55 bits per heavy atom. The molecule has 2 aromatic rings. The fourth-order valence-corrected chi connectivity index (χ4v) is 4.93. The lowest BCUT2D eigenvalue weighted by molar-refractivity contribution is -0.121. The molecule has 0 bridgehead atoms. The van der Waals surface area contributed by atoms with E-state index in [2.05, 4.69) is 29.8 Å². The molecule has 4 nitrogen and oxygen atoms in total. The van der Waals surface area contributed by atoms with Gasteiger partial charge in [0, 0.05) is 34.5 Å². The lowest BCUT2D eigenvalue weighted by Crippen LogP contribution is -2.43. The first kappa shape index (κ1) is 19.9. The first-order chi connectivity index (χ1) is 13.8.